The fraction of sp³-hybridized carbons (Fsp3) is 0.500. The predicted octanol–water partition coefficient (Wildman–Crippen LogP) is 2.27. The van der Waals surface area contributed by atoms with Crippen LogP contribution in [-0.2, 0) is 0 Å². The van der Waals surface area contributed by atoms with Crippen molar-refractivity contribution >= 4 is 0 Å². The largest absolute Gasteiger partial charge is 0.393 e. The summed E-state index contributed by atoms with van der Waals surface area (Å²) < 4.78 is 0. The molecule has 0 aliphatic rings. The van der Waals surface area contributed by atoms with Crippen molar-refractivity contribution in [2.75, 3.05) is 0 Å². The molecule has 14 heavy (non-hydrogen) atoms. The van der Waals surface area contributed by atoms with E-state index in [1.807, 2.05) is 30.3 Å². The van der Waals surface area contributed by atoms with Crippen molar-refractivity contribution in [3.8, 4) is 0 Å². The molecule has 2 unspecified atom stereocenters. The van der Waals surface area contributed by atoms with E-state index < -0.39 is 6.10 Å². The van der Waals surface area contributed by atoms with Crippen LogP contribution in [0.15, 0.2) is 30.3 Å². The molecule has 2 heteroatoms. The molecule has 1 rings (SSSR count). The number of aliphatic hydroxyl groups is 2. The molecule has 0 amide bonds. The summed E-state index contributed by atoms with van der Waals surface area (Å²) in [6.07, 6.45) is 1.67. The zero-order valence-corrected chi connectivity index (χ0v) is 8.56. The van der Waals surface area contributed by atoms with Crippen LogP contribution in [-0.4, -0.2) is 16.3 Å². The van der Waals surface area contributed by atoms with Gasteiger partial charge in [0.05, 0.1) is 12.2 Å². The molecular formula is C12H18O2. The molecule has 0 saturated carbocycles. The number of benzene rings is 1. The Hall–Kier alpha value is -0.860. The summed E-state index contributed by atoms with van der Waals surface area (Å²) >= 11 is 0. The van der Waals surface area contributed by atoms with Crippen LogP contribution in [0.5, 0.6) is 0 Å². The molecule has 0 heterocycles. The zero-order valence-electron chi connectivity index (χ0n) is 8.56. The molecular weight excluding hydrogens is 176 g/mol. The fourth-order valence-electron chi connectivity index (χ4n) is 1.45. The van der Waals surface area contributed by atoms with Crippen molar-refractivity contribution in [3.63, 3.8) is 0 Å². The lowest BCUT2D eigenvalue weighted by molar-refractivity contribution is 0.143. The maximum Gasteiger partial charge on any atom is 0.0790 e. The van der Waals surface area contributed by atoms with Gasteiger partial charge in [0.15, 0.2) is 0 Å². The average Bonchev–Trinajstić information content (AvgIpc) is 2.18. The lowest BCUT2D eigenvalue weighted by atomic mass is 10.0. The molecule has 0 aliphatic heterocycles. The summed E-state index contributed by atoms with van der Waals surface area (Å²) in [6, 6.07) is 9.63. The van der Waals surface area contributed by atoms with Gasteiger partial charge in [-0.15, -0.1) is 0 Å². The van der Waals surface area contributed by atoms with Crippen LogP contribution in [0.2, 0.25) is 0 Å². The zero-order chi connectivity index (χ0) is 10.4. The molecule has 2 N–H and O–H groups in total. The number of hydrogen-bond donors (Lipinski definition) is 2. The van der Waals surface area contributed by atoms with Crippen molar-refractivity contribution in [1.29, 1.82) is 0 Å². The molecule has 0 bridgehead atoms. The van der Waals surface area contributed by atoms with E-state index in [9.17, 15) is 5.11 Å². The monoisotopic (exact) mass is 194 g/mol. The number of rotatable bonds is 5. The summed E-state index contributed by atoms with van der Waals surface area (Å²) in [4.78, 5) is 0. The van der Waals surface area contributed by atoms with Crippen molar-refractivity contribution in [3.05, 3.63) is 35.9 Å². The third-order valence-electron chi connectivity index (χ3n) is 2.28. The summed E-state index contributed by atoms with van der Waals surface area (Å²) in [5.41, 5.74) is 0.957. The standard InChI is InChI=1S/C12H18O2/c1-10(13)6-5-9-12(14)11-7-3-2-4-8-11/h2-4,7-8,10,12-14H,5-6,9H2,1H3. The van der Waals surface area contributed by atoms with Gasteiger partial charge >= 0.3 is 0 Å². The van der Waals surface area contributed by atoms with Gasteiger partial charge in [0.2, 0.25) is 0 Å². The number of hydrogen-bond acceptors (Lipinski definition) is 2. The van der Waals surface area contributed by atoms with E-state index in [-0.39, 0.29) is 6.10 Å². The maximum atomic E-state index is 9.75. The van der Waals surface area contributed by atoms with Crippen molar-refractivity contribution in [2.24, 2.45) is 0 Å². The Morgan fingerprint density at radius 1 is 1.07 bits per heavy atom. The Labute approximate surface area is 85.2 Å². The average molecular weight is 194 g/mol. The molecule has 2 nitrogen and oxygen atoms in total. The summed E-state index contributed by atoms with van der Waals surface area (Å²) in [5, 5.41) is 18.8. The van der Waals surface area contributed by atoms with Crippen LogP contribution in [0.25, 0.3) is 0 Å². The van der Waals surface area contributed by atoms with Gasteiger partial charge in [-0.25, -0.2) is 0 Å². The molecule has 1 aromatic rings. The molecule has 0 saturated heterocycles. The highest BCUT2D eigenvalue weighted by molar-refractivity contribution is 5.16. The van der Waals surface area contributed by atoms with Gasteiger partial charge in [-0.3, -0.25) is 0 Å². The molecule has 2 atom stereocenters. The van der Waals surface area contributed by atoms with Crippen molar-refractivity contribution in [2.45, 2.75) is 38.4 Å². The topological polar surface area (TPSA) is 40.5 Å². The summed E-state index contributed by atoms with van der Waals surface area (Å²) in [6.45, 7) is 1.77. The first-order valence-electron chi connectivity index (χ1n) is 5.11. The Kier molecular flexibility index (Phi) is 4.63. The Bertz CT molecular complexity index is 244. The van der Waals surface area contributed by atoms with Gasteiger partial charge in [0.1, 0.15) is 0 Å². The highest BCUT2D eigenvalue weighted by atomic mass is 16.3. The lowest BCUT2D eigenvalue weighted by Crippen LogP contribution is -2.02. The molecule has 0 fully saturated rings. The Balaban J connectivity index is 2.32. The van der Waals surface area contributed by atoms with E-state index in [1.54, 1.807) is 6.92 Å². The molecule has 0 spiro atoms. The number of aliphatic hydroxyl groups excluding tert-OH is 2. The highest BCUT2D eigenvalue weighted by Crippen LogP contribution is 2.18. The van der Waals surface area contributed by atoms with Crippen molar-refractivity contribution in [1.82, 2.24) is 0 Å². The smallest absolute Gasteiger partial charge is 0.0790 e. The van der Waals surface area contributed by atoms with E-state index in [1.165, 1.54) is 0 Å². The van der Waals surface area contributed by atoms with Crippen molar-refractivity contribution < 1.29 is 10.2 Å². The normalized spacial score (nSPS) is 15.1. The van der Waals surface area contributed by atoms with Crippen LogP contribution in [0, 0.1) is 0 Å². The van der Waals surface area contributed by atoms with E-state index >= 15 is 0 Å². The second-order valence-electron chi connectivity index (χ2n) is 3.71. The first-order valence-corrected chi connectivity index (χ1v) is 5.11. The van der Waals surface area contributed by atoms with Gasteiger partial charge in [-0.2, -0.15) is 0 Å². The maximum absolute atomic E-state index is 9.75. The van der Waals surface area contributed by atoms with Crippen LogP contribution in [0.3, 0.4) is 0 Å². The second-order valence-corrected chi connectivity index (χ2v) is 3.71. The third-order valence-corrected chi connectivity index (χ3v) is 2.28. The second kappa shape index (κ2) is 5.78. The minimum atomic E-state index is -0.394. The van der Waals surface area contributed by atoms with Crippen LogP contribution in [0.1, 0.15) is 37.9 Å². The molecule has 78 valence electrons. The SMILES string of the molecule is CC(O)CCCC(O)c1ccccc1. The lowest BCUT2D eigenvalue weighted by Gasteiger charge is -2.11. The van der Waals surface area contributed by atoms with Gasteiger partial charge in [0, 0.05) is 0 Å². The molecule has 0 aliphatic carbocycles. The van der Waals surface area contributed by atoms with Gasteiger partial charge in [-0.05, 0) is 31.7 Å². The van der Waals surface area contributed by atoms with Crippen LogP contribution in [0.4, 0.5) is 0 Å². The fourth-order valence-corrected chi connectivity index (χ4v) is 1.45. The third kappa shape index (κ3) is 3.90. The van der Waals surface area contributed by atoms with E-state index in [4.69, 9.17) is 5.11 Å². The van der Waals surface area contributed by atoms with Gasteiger partial charge in [-0.1, -0.05) is 30.3 Å². The predicted molar refractivity (Wildman–Crippen MR) is 56.9 cm³/mol. The first kappa shape index (κ1) is 11.2. The first-order chi connectivity index (χ1) is 6.70. The quantitative estimate of drug-likeness (QED) is 0.755. The van der Waals surface area contributed by atoms with Crippen LogP contribution >= 0.6 is 0 Å². The van der Waals surface area contributed by atoms with Gasteiger partial charge < -0.3 is 10.2 Å². The Morgan fingerprint density at radius 3 is 2.29 bits per heavy atom. The molecule has 1 aromatic carbocycles. The summed E-state index contributed by atoms with van der Waals surface area (Å²) in [7, 11) is 0. The Morgan fingerprint density at radius 2 is 1.71 bits per heavy atom. The van der Waals surface area contributed by atoms with Crippen LogP contribution < -0.4 is 0 Å². The van der Waals surface area contributed by atoms with E-state index in [2.05, 4.69) is 0 Å². The minimum Gasteiger partial charge on any atom is -0.393 e. The highest BCUT2D eigenvalue weighted by Gasteiger charge is 2.06. The van der Waals surface area contributed by atoms with E-state index in [0.717, 1.165) is 24.8 Å². The molecule has 0 aromatic heterocycles. The summed E-state index contributed by atoms with van der Waals surface area (Å²) in [5.74, 6) is 0. The van der Waals surface area contributed by atoms with Gasteiger partial charge in [0.25, 0.3) is 0 Å². The minimum absolute atomic E-state index is 0.266. The van der Waals surface area contributed by atoms with E-state index in [0.29, 0.717) is 0 Å². The molecule has 0 radical (unpaired) electrons.